The van der Waals surface area contributed by atoms with Crippen molar-refractivity contribution in [1.29, 1.82) is 0 Å². The minimum Gasteiger partial charge on any atom is -0.464 e. The largest absolute Gasteiger partial charge is 0.464 e. The number of rotatable bonds is 7. The molecule has 1 amide bonds. The molecule has 1 N–H and O–H groups in total. The van der Waals surface area contributed by atoms with Crippen LogP contribution in [0.25, 0.3) is 0 Å². The summed E-state index contributed by atoms with van der Waals surface area (Å²) in [4.78, 5) is 25.0. The van der Waals surface area contributed by atoms with Crippen molar-refractivity contribution in [3.05, 3.63) is 71.8 Å². The molecule has 3 rings (SSSR count). The molecule has 0 saturated heterocycles. The van der Waals surface area contributed by atoms with Crippen molar-refractivity contribution in [3.63, 3.8) is 0 Å². The number of nitrogens with one attached hydrogen (secondary N) is 1. The normalized spacial score (nSPS) is 21.4. The van der Waals surface area contributed by atoms with Crippen LogP contribution >= 0.6 is 11.8 Å². The van der Waals surface area contributed by atoms with E-state index in [1.165, 1.54) is 5.56 Å². The molecule has 0 spiro atoms. The number of thioether (sulfide) groups is 1. The van der Waals surface area contributed by atoms with E-state index in [9.17, 15) is 9.59 Å². The fourth-order valence-electron chi connectivity index (χ4n) is 2.73. The summed E-state index contributed by atoms with van der Waals surface area (Å²) in [7, 11) is 0. The van der Waals surface area contributed by atoms with Gasteiger partial charge in [0.25, 0.3) is 5.91 Å². The van der Waals surface area contributed by atoms with Gasteiger partial charge in [0.1, 0.15) is 0 Å². The molecule has 0 unspecified atom stereocenters. The summed E-state index contributed by atoms with van der Waals surface area (Å²) in [6.07, 6.45) is 0.599. The Morgan fingerprint density at radius 2 is 1.76 bits per heavy atom. The highest BCUT2D eigenvalue weighted by Gasteiger charge is 2.62. The van der Waals surface area contributed by atoms with Gasteiger partial charge in [-0.25, -0.2) is 4.79 Å². The second kappa shape index (κ2) is 7.74. The maximum absolute atomic E-state index is 12.5. The highest BCUT2D eigenvalue weighted by atomic mass is 32.2. The van der Waals surface area contributed by atoms with Crippen molar-refractivity contribution < 1.29 is 14.3 Å². The van der Waals surface area contributed by atoms with E-state index in [2.05, 4.69) is 17.4 Å². The van der Waals surface area contributed by atoms with Crippen molar-refractivity contribution in [2.75, 3.05) is 6.61 Å². The molecule has 130 valence electrons. The van der Waals surface area contributed by atoms with Gasteiger partial charge < -0.3 is 10.1 Å². The average molecular weight is 355 g/mol. The molecule has 2 aromatic carbocycles. The summed E-state index contributed by atoms with van der Waals surface area (Å²) in [5.74, 6) is 0.217. The first-order valence-corrected chi connectivity index (χ1v) is 9.41. The zero-order valence-corrected chi connectivity index (χ0v) is 14.9. The van der Waals surface area contributed by atoms with Gasteiger partial charge in [-0.15, -0.1) is 0 Å². The predicted octanol–water partition coefficient (Wildman–Crippen LogP) is 3.42. The Hall–Kier alpha value is -2.27. The molecule has 5 heteroatoms. The number of esters is 1. The first kappa shape index (κ1) is 17.5. The van der Waals surface area contributed by atoms with Crippen LogP contribution in [0.2, 0.25) is 0 Å². The summed E-state index contributed by atoms with van der Waals surface area (Å²) in [5, 5.41) is 2.95. The first-order chi connectivity index (χ1) is 12.2. The smallest absolute Gasteiger partial charge is 0.333 e. The van der Waals surface area contributed by atoms with Crippen LogP contribution in [0, 0.1) is 0 Å². The van der Waals surface area contributed by atoms with Crippen LogP contribution in [0.15, 0.2) is 60.7 Å². The monoisotopic (exact) mass is 355 g/mol. The maximum Gasteiger partial charge on any atom is 0.333 e. The van der Waals surface area contributed by atoms with Crippen LogP contribution in [0.1, 0.15) is 29.3 Å². The van der Waals surface area contributed by atoms with E-state index >= 15 is 0 Å². The Morgan fingerprint density at radius 1 is 1.12 bits per heavy atom. The number of hydrogen-bond acceptors (Lipinski definition) is 4. The van der Waals surface area contributed by atoms with Crippen LogP contribution < -0.4 is 5.32 Å². The topological polar surface area (TPSA) is 55.4 Å². The van der Waals surface area contributed by atoms with Crippen molar-refractivity contribution in [2.45, 2.75) is 29.9 Å². The van der Waals surface area contributed by atoms with E-state index < -0.39 is 5.54 Å². The minimum atomic E-state index is -0.914. The van der Waals surface area contributed by atoms with Crippen molar-refractivity contribution in [2.24, 2.45) is 0 Å². The summed E-state index contributed by atoms with van der Waals surface area (Å²) in [6.45, 7) is 2.08. The molecule has 2 aromatic rings. The second-order valence-electron chi connectivity index (χ2n) is 6.00. The van der Waals surface area contributed by atoms with E-state index in [0.717, 1.165) is 5.75 Å². The molecule has 0 aliphatic heterocycles. The lowest BCUT2D eigenvalue weighted by molar-refractivity contribution is -0.146. The van der Waals surface area contributed by atoms with E-state index in [1.54, 1.807) is 43.0 Å². The van der Waals surface area contributed by atoms with E-state index in [4.69, 9.17) is 4.74 Å². The van der Waals surface area contributed by atoms with Crippen LogP contribution in [0.5, 0.6) is 0 Å². The number of benzene rings is 2. The number of hydrogen-bond donors (Lipinski definition) is 1. The highest BCUT2D eigenvalue weighted by Crippen LogP contribution is 2.48. The molecule has 0 aromatic heterocycles. The van der Waals surface area contributed by atoms with Crippen molar-refractivity contribution >= 4 is 23.6 Å². The van der Waals surface area contributed by atoms with Gasteiger partial charge in [-0.2, -0.15) is 11.8 Å². The molecular formula is C20H21NO3S. The quantitative estimate of drug-likeness (QED) is 0.773. The molecule has 4 nitrogen and oxygen atoms in total. The third kappa shape index (κ3) is 4.04. The number of amides is 1. The number of ether oxygens (including phenoxy) is 1. The second-order valence-corrected chi connectivity index (χ2v) is 7.19. The highest BCUT2D eigenvalue weighted by molar-refractivity contribution is 7.99. The van der Waals surface area contributed by atoms with Crippen molar-refractivity contribution in [3.8, 4) is 0 Å². The molecule has 1 aliphatic rings. The molecule has 2 atom stereocenters. The van der Waals surface area contributed by atoms with Crippen LogP contribution in [0.4, 0.5) is 0 Å². The maximum atomic E-state index is 12.5. The number of carbonyl (C=O) groups is 2. The Balaban J connectivity index is 1.68. The van der Waals surface area contributed by atoms with Gasteiger partial charge in [0.15, 0.2) is 5.54 Å². The molecule has 1 saturated carbocycles. The minimum absolute atomic E-state index is 0.0272. The summed E-state index contributed by atoms with van der Waals surface area (Å²) >= 11 is 1.68. The average Bonchev–Trinajstić information content (AvgIpc) is 3.36. The molecule has 1 aliphatic carbocycles. The Bertz CT molecular complexity index is 735. The van der Waals surface area contributed by atoms with Gasteiger partial charge in [0.05, 0.1) is 6.61 Å². The van der Waals surface area contributed by atoms with Gasteiger partial charge in [-0.3, -0.25) is 4.79 Å². The van der Waals surface area contributed by atoms with E-state index in [0.29, 0.717) is 18.6 Å². The SMILES string of the molecule is CCOC(=O)[C@@]1(NC(=O)c2ccccc2)C[C@H]1SCc1ccccc1. The van der Waals surface area contributed by atoms with Gasteiger partial charge in [0, 0.05) is 16.6 Å². The fraction of sp³-hybridized carbons (Fsp3) is 0.300. The van der Waals surface area contributed by atoms with E-state index in [-0.39, 0.29) is 17.1 Å². The Morgan fingerprint density at radius 3 is 2.40 bits per heavy atom. The Kier molecular flexibility index (Phi) is 5.43. The third-order valence-electron chi connectivity index (χ3n) is 4.20. The van der Waals surface area contributed by atoms with E-state index in [1.807, 2.05) is 24.3 Å². The van der Waals surface area contributed by atoms with Crippen LogP contribution in [-0.4, -0.2) is 29.3 Å². The molecular weight excluding hydrogens is 334 g/mol. The fourth-order valence-corrected chi connectivity index (χ4v) is 4.13. The summed E-state index contributed by atoms with van der Waals surface area (Å²) in [6, 6.07) is 19.0. The molecule has 0 radical (unpaired) electrons. The predicted molar refractivity (Wildman–Crippen MR) is 99.4 cm³/mol. The molecule has 0 bridgehead atoms. The zero-order chi connectivity index (χ0) is 17.7. The van der Waals surface area contributed by atoms with Gasteiger partial charge >= 0.3 is 5.97 Å². The summed E-state index contributed by atoms with van der Waals surface area (Å²) < 4.78 is 5.22. The first-order valence-electron chi connectivity index (χ1n) is 8.36. The lowest BCUT2D eigenvalue weighted by atomic mass is 10.2. The summed E-state index contributed by atoms with van der Waals surface area (Å²) in [5.41, 5.74) is 0.832. The van der Waals surface area contributed by atoms with Gasteiger partial charge in [0.2, 0.25) is 0 Å². The van der Waals surface area contributed by atoms with Crippen LogP contribution in [-0.2, 0) is 15.3 Å². The van der Waals surface area contributed by atoms with Gasteiger partial charge in [-0.1, -0.05) is 48.5 Å². The van der Waals surface area contributed by atoms with Crippen molar-refractivity contribution in [1.82, 2.24) is 5.32 Å². The van der Waals surface area contributed by atoms with Crippen LogP contribution in [0.3, 0.4) is 0 Å². The molecule has 25 heavy (non-hydrogen) atoms. The number of carbonyl (C=O) groups excluding carboxylic acids is 2. The standard InChI is InChI=1S/C20H21NO3S/c1-2-24-19(23)20(21-18(22)16-11-7-4-8-12-16)13-17(20)25-14-15-9-5-3-6-10-15/h3-12,17H,2,13-14H2,1H3,(H,21,22)/t17-,20-/m1/s1. The third-order valence-corrected chi connectivity index (χ3v) is 5.67. The van der Waals surface area contributed by atoms with Gasteiger partial charge in [-0.05, 0) is 31.0 Å². The Labute approximate surface area is 152 Å². The lowest BCUT2D eigenvalue weighted by Gasteiger charge is -2.18. The molecule has 0 heterocycles. The lowest BCUT2D eigenvalue weighted by Crippen LogP contribution is -2.46. The molecule has 1 fully saturated rings. The zero-order valence-electron chi connectivity index (χ0n) is 14.1.